The van der Waals surface area contributed by atoms with E-state index in [2.05, 4.69) is 39.3 Å². The molecule has 0 radical (unpaired) electrons. The van der Waals surface area contributed by atoms with E-state index in [1.807, 2.05) is 19.9 Å². The number of anilines is 2. The van der Waals surface area contributed by atoms with Crippen LogP contribution in [-0.4, -0.2) is 34.2 Å². The average molecular weight is 342 g/mol. The van der Waals surface area contributed by atoms with Gasteiger partial charge in [-0.2, -0.15) is 4.98 Å². The molecule has 1 aliphatic rings. The summed E-state index contributed by atoms with van der Waals surface area (Å²) in [6.07, 6.45) is 1.25. The Bertz CT molecular complexity index is 527. The molecule has 7 heteroatoms. The summed E-state index contributed by atoms with van der Waals surface area (Å²) < 4.78 is 0. The van der Waals surface area contributed by atoms with Crippen LogP contribution in [0, 0.1) is 11.8 Å². The summed E-state index contributed by atoms with van der Waals surface area (Å²) in [7, 11) is 0. The van der Waals surface area contributed by atoms with Crippen molar-refractivity contribution in [2.75, 3.05) is 23.3 Å². The summed E-state index contributed by atoms with van der Waals surface area (Å²) in [5.74, 6) is 2.59. The van der Waals surface area contributed by atoms with Gasteiger partial charge in [0, 0.05) is 25.2 Å². The lowest BCUT2D eigenvalue weighted by atomic mass is 9.92. The Balaban J connectivity index is 2.14. The first-order valence-electron chi connectivity index (χ1n) is 7.70. The van der Waals surface area contributed by atoms with Crippen LogP contribution in [0.4, 0.5) is 11.8 Å². The zero-order valence-electron chi connectivity index (χ0n) is 13.6. The van der Waals surface area contributed by atoms with E-state index in [4.69, 9.17) is 23.8 Å². The molecular weight excluding hydrogens is 318 g/mol. The molecule has 0 saturated carbocycles. The highest BCUT2D eigenvalue weighted by atomic mass is 35.5. The van der Waals surface area contributed by atoms with Gasteiger partial charge in [0.2, 0.25) is 5.95 Å². The summed E-state index contributed by atoms with van der Waals surface area (Å²) in [6, 6.07) is 2.07. The molecule has 1 aromatic rings. The fourth-order valence-electron chi connectivity index (χ4n) is 2.87. The van der Waals surface area contributed by atoms with Crippen molar-refractivity contribution in [1.29, 1.82) is 0 Å². The Morgan fingerprint density at radius 3 is 2.55 bits per heavy atom. The maximum absolute atomic E-state index is 6.15. The normalized spacial score (nSPS) is 21.8. The number of hydrogen-bond acceptors (Lipinski definition) is 4. The van der Waals surface area contributed by atoms with E-state index < -0.39 is 0 Å². The molecule has 1 aromatic heterocycles. The molecule has 2 heterocycles. The van der Waals surface area contributed by atoms with E-state index in [0.717, 1.165) is 18.9 Å². The van der Waals surface area contributed by atoms with Gasteiger partial charge < -0.3 is 15.5 Å². The highest BCUT2D eigenvalue weighted by molar-refractivity contribution is 7.80. The van der Waals surface area contributed by atoms with Crippen LogP contribution in [0.15, 0.2) is 6.07 Å². The number of nitrogens with one attached hydrogen (secondary N) is 2. The standard InChI is InChI=1S/C15H24ClN5S/c1-9(2)17-15(22)20-14-18-12(16)6-13(19-14)21-7-10(3)5-11(4)8-21/h6,9-11H,5,7-8H2,1-4H3,(H2,17,18,19,20,22). The van der Waals surface area contributed by atoms with Crippen molar-refractivity contribution in [3.8, 4) is 0 Å². The first-order valence-corrected chi connectivity index (χ1v) is 8.49. The third kappa shape index (κ3) is 4.95. The number of hydrogen-bond donors (Lipinski definition) is 2. The molecule has 22 heavy (non-hydrogen) atoms. The third-order valence-electron chi connectivity index (χ3n) is 3.52. The molecule has 0 aliphatic carbocycles. The van der Waals surface area contributed by atoms with Gasteiger partial charge in [0.25, 0.3) is 0 Å². The summed E-state index contributed by atoms with van der Waals surface area (Å²) in [5.41, 5.74) is 0. The molecule has 2 rings (SSSR count). The van der Waals surface area contributed by atoms with Gasteiger partial charge in [-0.05, 0) is 44.3 Å². The Labute approximate surface area is 142 Å². The van der Waals surface area contributed by atoms with Crippen LogP contribution < -0.4 is 15.5 Å². The Hall–Kier alpha value is -1.14. The minimum Gasteiger partial charge on any atom is -0.360 e. The van der Waals surface area contributed by atoms with Gasteiger partial charge >= 0.3 is 0 Å². The molecule has 1 aliphatic heterocycles. The Morgan fingerprint density at radius 2 is 1.95 bits per heavy atom. The third-order valence-corrected chi connectivity index (χ3v) is 3.93. The van der Waals surface area contributed by atoms with Gasteiger partial charge in [-0.15, -0.1) is 0 Å². The number of thiocarbonyl (C=S) groups is 1. The van der Waals surface area contributed by atoms with Crippen LogP contribution in [0.5, 0.6) is 0 Å². The second kappa shape index (κ2) is 7.42. The zero-order chi connectivity index (χ0) is 16.3. The van der Waals surface area contributed by atoms with Crippen LogP contribution in [0.25, 0.3) is 0 Å². The molecule has 1 saturated heterocycles. The molecule has 0 amide bonds. The summed E-state index contributed by atoms with van der Waals surface area (Å²) in [4.78, 5) is 11.0. The molecule has 122 valence electrons. The van der Waals surface area contributed by atoms with Crippen LogP contribution in [-0.2, 0) is 0 Å². The second-order valence-corrected chi connectivity index (χ2v) is 7.27. The van der Waals surface area contributed by atoms with Crippen molar-refractivity contribution in [2.24, 2.45) is 11.8 Å². The fourth-order valence-corrected chi connectivity index (χ4v) is 3.38. The van der Waals surface area contributed by atoms with Crippen molar-refractivity contribution in [3.05, 3.63) is 11.2 Å². The lowest BCUT2D eigenvalue weighted by molar-refractivity contribution is 0.355. The summed E-state index contributed by atoms with van der Waals surface area (Å²) in [6.45, 7) is 10.6. The predicted molar refractivity (Wildman–Crippen MR) is 96.7 cm³/mol. The second-order valence-electron chi connectivity index (χ2n) is 6.48. The van der Waals surface area contributed by atoms with Gasteiger partial charge in [0.1, 0.15) is 11.0 Å². The number of halogens is 1. The van der Waals surface area contributed by atoms with E-state index in [1.54, 1.807) is 0 Å². The molecule has 1 fully saturated rings. The molecular formula is C15H24ClN5S. The lowest BCUT2D eigenvalue weighted by Gasteiger charge is -2.35. The molecule has 2 atom stereocenters. The maximum atomic E-state index is 6.15. The van der Waals surface area contributed by atoms with Crippen LogP contribution in [0.3, 0.4) is 0 Å². The number of piperidine rings is 1. The van der Waals surface area contributed by atoms with E-state index in [0.29, 0.717) is 28.0 Å². The van der Waals surface area contributed by atoms with E-state index >= 15 is 0 Å². The van der Waals surface area contributed by atoms with Crippen molar-refractivity contribution in [1.82, 2.24) is 15.3 Å². The Morgan fingerprint density at radius 1 is 1.32 bits per heavy atom. The summed E-state index contributed by atoms with van der Waals surface area (Å²) >= 11 is 11.4. The molecule has 5 nitrogen and oxygen atoms in total. The van der Waals surface area contributed by atoms with Gasteiger partial charge in [0.05, 0.1) is 0 Å². The topological polar surface area (TPSA) is 53.1 Å². The highest BCUT2D eigenvalue weighted by Gasteiger charge is 2.23. The van der Waals surface area contributed by atoms with Gasteiger partial charge in [-0.3, -0.25) is 0 Å². The molecule has 0 bridgehead atoms. The molecule has 2 N–H and O–H groups in total. The largest absolute Gasteiger partial charge is 0.360 e. The SMILES string of the molecule is CC1CC(C)CN(c2cc(Cl)nc(NC(=S)NC(C)C)n2)C1. The minimum absolute atomic E-state index is 0.252. The van der Waals surface area contributed by atoms with E-state index in [1.165, 1.54) is 6.42 Å². The van der Waals surface area contributed by atoms with E-state index in [9.17, 15) is 0 Å². The predicted octanol–water partition coefficient (Wildman–Crippen LogP) is 3.31. The average Bonchev–Trinajstić information content (AvgIpc) is 2.35. The number of nitrogens with zero attached hydrogens (tertiary/aromatic N) is 3. The Kier molecular flexibility index (Phi) is 5.81. The quantitative estimate of drug-likeness (QED) is 0.650. The molecule has 2 unspecified atom stereocenters. The van der Waals surface area contributed by atoms with Crippen molar-refractivity contribution >= 4 is 40.7 Å². The molecule has 0 aromatic carbocycles. The van der Waals surface area contributed by atoms with E-state index in [-0.39, 0.29) is 6.04 Å². The van der Waals surface area contributed by atoms with Crippen LogP contribution in [0.2, 0.25) is 5.15 Å². The monoisotopic (exact) mass is 341 g/mol. The number of rotatable bonds is 3. The maximum Gasteiger partial charge on any atom is 0.232 e. The first-order chi connectivity index (χ1) is 10.3. The highest BCUT2D eigenvalue weighted by Crippen LogP contribution is 2.26. The zero-order valence-corrected chi connectivity index (χ0v) is 15.1. The van der Waals surface area contributed by atoms with Gasteiger partial charge in [-0.1, -0.05) is 25.4 Å². The van der Waals surface area contributed by atoms with Crippen LogP contribution in [0.1, 0.15) is 34.1 Å². The van der Waals surface area contributed by atoms with Gasteiger partial charge in [-0.25, -0.2) is 4.98 Å². The number of aromatic nitrogens is 2. The summed E-state index contributed by atoms with van der Waals surface area (Å²) in [5, 5.41) is 7.04. The first kappa shape index (κ1) is 17.2. The molecule has 0 spiro atoms. The lowest BCUT2D eigenvalue weighted by Crippen LogP contribution is -2.39. The van der Waals surface area contributed by atoms with Crippen molar-refractivity contribution < 1.29 is 0 Å². The van der Waals surface area contributed by atoms with Crippen LogP contribution >= 0.6 is 23.8 Å². The minimum atomic E-state index is 0.252. The van der Waals surface area contributed by atoms with Crippen molar-refractivity contribution in [2.45, 2.75) is 40.2 Å². The van der Waals surface area contributed by atoms with Crippen molar-refractivity contribution in [3.63, 3.8) is 0 Å². The van der Waals surface area contributed by atoms with Gasteiger partial charge in [0.15, 0.2) is 5.11 Å². The fraction of sp³-hybridized carbons (Fsp3) is 0.667. The smallest absolute Gasteiger partial charge is 0.232 e.